The summed E-state index contributed by atoms with van der Waals surface area (Å²) in [5.74, 6) is -3.98. The summed E-state index contributed by atoms with van der Waals surface area (Å²) in [6.07, 6.45) is -2.28. The molecule has 2 amide bonds. The maximum atomic E-state index is 14.8. The van der Waals surface area contributed by atoms with Crippen LogP contribution in [0.4, 0.5) is 22.0 Å². The van der Waals surface area contributed by atoms with E-state index < -0.39 is 53.4 Å². The molecule has 2 aromatic rings. The zero-order valence-corrected chi connectivity index (χ0v) is 20.1. The Morgan fingerprint density at radius 3 is 2.43 bits per heavy atom. The second kappa shape index (κ2) is 9.04. The number of nitrogens with one attached hydrogen (secondary N) is 1. The monoisotopic (exact) mass is 523 g/mol. The normalized spacial score (nSPS) is 24.4. The van der Waals surface area contributed by atoms with Crippen LogP contribution in [0, 0.1) is 30.4 Å². The highest BCUT2D eigenvalue weighted by Crippen LogP contribution is 2.49. The molecule has 0 radical (unpaired) electrons. The van der Waals surface area contributed by atoms with Crippen molar-refractivity contribution in [1.82, 2.24) is 15.2 Å². The molecule has 2 aliphatic carbocycles. The van der Waals surface area contributed by atoms with Crippen LogP contribution in [0.25, 0.3) is 0 Å². The number of carbonyl (C=O) groups excluding carboxylic acids is 2. The first-order valence-corrected chi connectivity index (χ1v) is 12.2. The average molecular weight is 524 g/mol. The van der Waals surface area contributed by atoms with Gasteiger partial charge in [0.05, 0.1) is 17.7 Å². The number of carbonyl (C=O) groups is 2. The van der Waals surface area contributed by atoms with Crippen molar-refractivity contribution in [2.24, 2.45) is 11.8 Å². The fourth-order valence-corrected chi connectivity index (χ4v) is 5.36. The number of fused-ring (bicyclic) bond motifs is 1. The van der Waals surface area contributed by atoms with E-state index >= 15 is 0 Å². The molecule has 1 aliphatic heterocycles. The van der Waals surface area contributed by atoms with Gasteiger partial charge in [0, 0.05) is 34.6 Å². The highest BCUT2D eigenvalue weighted by atomic mass is 19.4. The third kappa shape index (κ3) is 4.81. The van der Waals surface area contributed by atoms with Gasteiger partial charge < -0.3 is 15.3 Å². The number of amides is 2. The number of pyridine rings is 1. The first-order chi connectivity index (χ1) is 17.4. The Morgan fingerprint density at radius 1 is 1.11 bits per heavy atom. The summed E-state index contributed by atoms with van der Waals surface area (Å²) in [6, 6.07) is 0.131. The third-order valence-electron chi connectivity index (χ3n) is 7.51. The van der Waals surface area contributed by atoms with Gasteiger partial charge in [0.15, 0.2) is 0 Å². The predicted octanol–water partition coefficient (Wildman–Crippen LogP) is 4.61. The molecular weight excluding hydrogens is 497 g/mol. The second-order valence-electron chi connectivity index (χ2n) is 10.3. The molecule has 37 heavy (non-hydrogen) atoms. The van der Waals surface area contributed by atoms with Crippen LogP contribution >= 0.6 is 0 Å². The lowest BCUT2D eigenvalue weighted by Gasteiger charge is -2.30. The lowest BCUT2D eigenvalue weighted by molar-refractivity contribution is -0.140. The van der Waals surface area contributed by atoms with Gasteiger partial charge in [0.25, 0.3) is 5.91 Å². The zero-order chi connectivity index (χ0) is 26.8. The van der Waals surface area contributed by atoms with E-state index in [1.165, 1.54) is 18.0 Å². The topological polar surface area (TPSA) is 82.5 Å². The molecule has 0 bridgehead atoms. The maximum Gasteiger partial charge on any atom is 0.419 e. The summed E-state index contributed by atoms with van der Waals surface area (Å²) in [7, 11) is 0. The molecule has 5 atom stereocenters. The van der Waals surface area contributed by atoms with Crippen LogP contribution < -0.4 is 5.32 Å². The lowest BCUT2D eigenvalue weighted by Crippen LogP contribution is -2.49. The molecule has 198 valence electrons. The molecule has 1 aromatic heterocycles. The Kier molecular flexibility index (Phi) is 6.24. The smallest absolute Gasteiger partial charge is 0.389 e. The summed E-state index contributed by atoms with van der Waals surface area (Å²) in [6.45, 7) is 3.21. The number of benzene rings is 1. The summed E-state index contributed by atoms with van der Waals surface area (Å²) in [5, 5.41) is 12.9. The van der Waals surface area contributed by atoms with E-state index in [0.717, 1.165) is 6.42 Å². The van der Waals surface area contributed by atoms with Crippen LogP contribution in [0.5, 0.6) is 0 Å². The van der Waals surface area contributed by atoms with Crippen molar-refractivity contribution in [1.29, 1.82) is 0 Å². The molecule has 0 spiro atoms. The van der Waals surface area contributed by atoms with Gasteiger partial charge >= 0.3 is 6.18 Å². The number of aliphatic hydroxyl groups excluding tert-OH is 1. The van der Waals surface area contributed by atoms with Crippen molar-refractivity contribution in [2.75, 3.05) is 0 Å². The summed E-state index contributed by atoms with van der Waals surface area (Å²) >= 11 is 0. The molecule has 0 unspecified atom stereocenters. The number of piperidine rings is 1. The molecule has 2 heterocycles. The van der Waals surface area contributed by atoms with Gasteiger partial charge in [-0.15, -0.1) is 0 Å². The number of alkyl halides is 3. The minimum absolute atomic E-state index is 0.121. The number of aromatic nitrogens is 1. The quantitative estimate of drug-likeness (QED) is 0.542. The Labute approximate surface area is 209 Å². The van der Waals surface area contributed by atoms with Crippen LogP contribution in [0.15, 0.2) is 24.4 Å². The zero-order valence-electron chi connectivity index (χ0n) is 20.1. The maximum absolute atomic E-state index is 14.8. The predicted molar refractivity (Wildman–Crippen MR) is 121 cm³/mol. The van der Waals surface area contributed by atoms with E-state index in [-0.39, 0.29) is 35.1 Å². The fraction of sp³-hybridized carbons (Fsp3) is 0.500. The number of rotatable bonds is 6. The van der Waals surface area contributed by atoms with Gasteiger partial charge in [0.1, 0.15) is 17.7 Å². The van der Waals surface area contributed by atoms with Gasteiger partial charge in [-0.05, 0) is 69.6 Å². The Bertz CT molecular complexity index is 1260. The molecule has 3 fully saturated rings. The molecule has 2 saturated carbocycles. The van der Waals surface area contributed by atoms with Crippen LogP contribution in [-0.2, 0) is 11.0 Å². The standard InChI is InChI=1S/C26H26F5N3O3/c1-11-5-15(17(10-32-11)12(2)35)25(37)34-21-6-14(21)7-22(34)24(36)33-23(13-3-4-13)16-8-20(28)18(9-19(16)27)26(29,30)31/h5,8-10,12-14,21-23,35H,3-4,6-7H2,1-2H3,(H,33,36)/t12-,14-,21-,22-,23-/m1/s1. The van der Waals surface area contributed by atoms with E-state index in [1.54, 1.807) is 13.0 Å². The summed E-state index contributed by atoms with van der Waals surface area (Å²) < 4.78 is 68.1. The van der Waals surface area contributed by atoms with Crippen molar-refractivity contribution in [3.05, 3.63) is 64.0 Å². The minimum atomic E-state index is -5.05. The molecular formula is C26H26F5N3O3. The third-order valence-corrected chi connectivity index (χ3v) is 7.51. The first-order valence-electron chi connectivity index (χ1n) is 12.2. The molecule has 1 saturated heterocycles. The van der Waals surface area contributed by atoms with Gasteiger partial charge in [-0.2, -0.15) is 13.2 Å². The van der Waals surface area contributed by atoms with Crippen molar-refractivity contribution in [2.45, 2.75) is 69.9 Å². The van der Waals surface area contributed by atoms with Gasteiger partial charge in [-0.1, -0.05) is 0 Å². The van der Waals surface area contributed by atoms with E-state index in [0.29, 0.717) is 36.6 Å². The Morgan fingerprint density at radius 2 is 1.81 bits per heavy atom. The molecule has 3 aliphatic rings. The van der Waals surface area contributed by atoms with Crippen LogP contribution in [0.3, 0.4) is 0 Å². The molecule has 5 rings (SSSR count). The van der Waals surface area contributed by atoms with Gasteiger partial charge in [0.2, 0.25) is 5.91 Å². The Hall–Kier alpha value is -3.08. The molecule has 1 aromatic carbocycles. The van der Waals surface area contributed by atoms with Crippen molar-refractivity contribution in [3.63, 3.8) is 0 Å². The summed E-state index contributed by atoms with van der Waals surface area (Å²) in [5.41, 5.74) is -0.916. The van der Waals surface area contributed by atoms with Crippen molar-refractivity contribution >= 4 is 11.8 Å². The number of hydrogen-bond donors (Lipinski definition) is 2. The SMILES string of the molecule is Cc1cc(C(=O)N2[C@@H](C(=O)N[C@@H](c3cc(F)c(C(F)(F)F)cc3F)C3CC3)C[C@H]3C[C@H]32)c([C@@H](C)O)cn1. The largest absolute Gasteiger partial charge is 0.419 e. The van der Waals surface area contributed by atoms with Gasteiger partial charge in [-0.25, -0.2) is 8.78 Å². The van der Waals surface area contributed by atoms with Crippen LogP contribution in [0.2, 0.25) is 0 Å². The van der Waals surface area contributed by atoms with E-state index in [9.17, 15) is 36.6 Å². The molecule has 2 N–H and O–H groups in total. The van der Waals surface area contributed by atoms with Crippen molar-refractivity contribution < 1.29 is 36.6 Å². The number of hydrogen-bond acceptors (Lipinski definition) is 4. The lowest BCUT2D eigenvalue weighted by atomic mass is 9.98. The van der Waals surface area contributed by atoms with Crippen LogP contribution in [0.1, 0.15) is 77.5 Å². The van der Waals surface area contributed by atoms with Crippen LogP contribution in [-0.4, -0.2) is 38.9 Å². The second-order valence-corrected chi connectivity index (χ2v) is 10.3. The number of halogens is 5. The summed E-state index contributed by atoms with van der Waals surface area (Å²) in [4.78, 5) is 32.6. The Balaban J connectivity index is 1.42. The highest BCUT2D eigenvalue weighted by Gasteiger charge is 2.56. The van der Waals surface area contributed by atoms with E-state index in [1.807, 2.05) is 0 Å². The number of aryl methyl sites for hydroxylation is 1. The van der Waals surface area contributed by atoms with Gasteiger partial charge in [-0.3, -0.25) is 14.6 Å². The fourth-order valence-electron chi connectivity index (χ4n) is 5.36. The van der Waals surface area contributed by atoms with E-state index in [2.05, 4.69) is 10.3 Å². The highest BCUT2D eigenvalue weighted by molar-refractivity contribution is 6.00. The van der Waals surface area contributed by atoms with E-state index in [4.69, 9.17) is 0 Å². The number of likely N-dealkylation sites (tertiary alicyclic amines) is 1. The average Bonchev–Trinajstić information content (AvgIpc) is 3.75. The first kappa shape index (κ1) is 25.6. The molecule has 11 heteroatoms. The minimum Gasteiger partial charge on any atom is -0.389 e. The van der Waals surface area contributed by atoms with Crippen molar-refractivity contribution in [3.8, 4) is 0 Å². The number of aliphatic hydroxyl groups is 1. The number of nitrogens with zero attached hydrogens (tertiary/aromatic N) is 2. The molecule has 6 nitrogen and oxygen atoms in total.